The number of aliphatic hydroxyl groups excluding tert-OH is 1. The molecule has 2 aromatic carbocycles. The Morgan fingerprint density at radius 1 is 1.06 bits per heavy atom. The molecule has 4 heteroatoms. The summed E-state index contributed by atoms with van der Waals surface area (Å²) < 4.78 is 0. The largest absolute Gasteiger partial charge is 0.380 e. The molecule has 0 bridgehead atoms. The lowest BCUT2D eigenvalue weighted by molar-refractivity contribution is 0.211. The van der Waals surface area contributed by atoms with Crippen molar-refractivity contribution in [2.24, 2.45) is 0 Å². The highest BCUT2D eigenvalue weighted by Gasteiger charge is 2.15. The van der Waals surface area contributed by atoms with Gasteiger partial charge in [0.1, 0.15) is 17.4 Å². The molecule has 0 saturated carbocycles. The zero-order valence-electron chi connectivity index (χ0n) is 9.47. The van der Waals surface area contributed by atoms with E-state index in [0.717, 1.165) is 11.1 Å². The number of aromatic amines is 1. The molecule has 1 unspecified atom stereocenters. The first-order valence-electron chi connectivity index (χ1n) is 5.63. The van der Waals surface area contributed by atoms with E-state index in [1.54, 1.807) is 6.07 Å². The van der Waals surface area contributed by atoms with E-state index in [0.29, 0.717) is 16.4 Å². The highest BCUT2D eigenvalue weighted by Crippen LogP contribution is 2.25. The minimum absolute atomic E-state index is 0.504. The summed E-state index contributed by atoms with van der Waals surface area (Å²) in [7, 11) is 0. The second-order valence-corrected chi connectivity index (χ2v) is 4.48. The molecule has 2 N–H and O–H groups in total. The van der Waals surface area contributed by atoms with E-state index >= 15 is 0 Å². The van der Waals surface area contributed by atoms with E-state index in [1.807, 2.05) is 42.5 Å². The van der Waals surface area contributed by atoms with Gasteiger partial charge in [-0.3, -0.25) is 0 Å². The lowest BCUT2D eigenvalue weighted by Crippen LogP contribution is -2.01. The van der Waals surface area contributed by atoms with Crippen molar-refractivity contribution in [3.8, 4) is 0 Å². The third-order valence-electron chi connectivity index (χ3n) is 2.86. The average Bonchev–Trinajstić information content (AvgIpc) is 2.84. The van der Waals surface area contributed by atoms with Gasteiger partial charge in [0.15, 0.2) is 0 Å². The van der Waals surface area contributed by atoms with Crippen LogP contribution in [0.2, 0.25) is 5.02 Å². The molecule has 3 aromatic rings. The van der Waals surface area contributed by atoms with Gasteiger partial charge in [-0.15, -0.1) is 0 Å². The quantitative estimate of drug-likeness (QED) is 0.741. The summed E-state index contributed by atoms with van der Waals surface area (Å²) in [5.74, 6) is 0.504. The number of rotatable bonds is 2. The Balaban J connectivity index is 2.07. The molecule has 0 radical (unpaired) electrons. The number of para-hydroxylation sites is 1. The zero-order chi connectivity index (χ0) is 12.5. The SMILES string of the molecule is OC(c1ccccc1)c1nc2c(Cl)cccc2[nH]1. The Kier molecular flexibility index (Phi) is 2.78. The zero-order valence-corrected chi connectivity index (χ0v) is 10.2. The van der Waals surface area contributed by atoms with Crippen molar-refractivity contribution in [3.05, 3.63) is 64.9 Å². The summed E-state index contributed by atoms with van der Waals surface area (Å²) in [4.78, 5) is 7.44. The van der Waals surface area contributed by atoms with Crippen LogP contribution in [0.4, 0.5) is 0 Å². The molecule has 1 aromatic heterocycles. The van der Waals surface area contributed by atoms with Gasteiger partial charge >= 0.3 is 0 Å². The molecule has 18 heavy (non-hydrogen) atoms. The summed E-state index contributed by atoms with van der Waals surface area (Å²) in [5, 5.41) is 10.8. The van der Waals surface area contributed by atoms with Gasteiger partial charge in [-0.1, -0.05) is 48.0 Å². The van der Waals surface area contributed by atoms with E-state index in [2.05, 4.69) is 9.97 Å². The first-order valence-corrected chi connectivity index (χ1v) is 6.00. The maximum Gasteiger partial charge on any atom is 0.140 e. The van der Waals surface area contributed by atoms with Crippen LogP contribution in [0.5, 0.6) is 0 Å². The Morgan fingerprint density at radius 3 is 2.56 bits per heavy atom. The molecule has 3 nitrogen and oxygen atoms in total. The summed E-state index contributed by atoms with van der Waals surface area (Å²) in [6.07, 6.45) is -0.769. The maximum absolute atomic E-state index is 10.2. The molecule has 1 heterocycles. The van der Waals surface area contributed by atoms with E-state index in [9.17, 15) is 5.11 Å². The molecule has 90 valence electrons. The van der Waals surface area contributed by atoms with Crippen LogP contribution in [0.25, 0.3) is 11.0 Å². The minimum atomic E-state index is -0.769. The highest BCUT2D eigenvalue weighted by molar-refractivity contribution is 6.34. The number of fused-ring (bicyclic) bond motifs is 1. The van der Waals surface area contributed by atoms with Crippen molar-refractivity contribution in [1.82, 2.24) is 9.97 Å². The number of aromatic nitrogens is 2. The van der Waals surface area contributed by atoms with Crippen molar-refractivity contribution in [2.45, 2.75) is 6.10 Å². The Morgan fingerprint density at radius 2 is 1.83 bits per heavy atom. The van der Waals surface area contributed by atoms with Gasteiger partial charge in [-0.05, 0) is 17.7 Å². The molecular formula is C14H11ClN2O. The molecule has 0 spiro atoms. The normalized spacial score (nSPS) is 12.8. The molecule has 0 aliphatic carbocycles. The van der Waals surface area contributed by atoms with Crippen LogP contribution in [0, 0.1) is 0 Å². The number of H-pyrrole nitrogens is 1. The molecular weight excluding hydrogens is 248 g/mol. The van der Waals surface area contributed by atoms with Gasteiger partial charge in [0, 0.05) is 0 Å². The van der Waals surface area contributed by atoms with Crippen LogP contribution in [0.3, 0.4) is 0 Å². The van der Waals surface area contributed by atoms with Crippen molar-refractivity contribution in [3.63, 3.8) is 0 Å². The van der Waals surface area contributed by atoms with Crippen LogP contribution < -0.4 is 0 Å². The molecule has 0 aliphatic rings. The third-order valence-corrected chi connectivity index (χ3v) is 3.16. The maximum atomic E-state index is 10.2. The van der Waals surface area contributed by atoms with Crippen LogP contribution in [0.15, 0.2) is 48.5 Å². The van der Waals surface area contributed by atoms with Gasteiger partial charge in [0.05, 0.1) is 10.5 Å². The summed E-state index contributed by atoms with van der Waals surface area (Å²) in [6, 6.07) is 14.9. The fourth-order valence-electron chi connectivity index (χ4n) is 1.94. The first kappa shape index (κ1) is 11.3. The number of benzene rings is 2. The fraction of sp³-hybridized carbons (Fsp3) is 0.0714. The fourth-order valence-corrected chi connectivity index (χ4v) is 2.16. The first-order chi connectivity index (χ1) is 8.75. The monoisotopic (exact) mass is 258 g/mol. The predicted molar refractivity (Wildman–Crippen MR) is 71.6 cm³/mol. The lowest BCUT2D eigenvalue weighted by atomic mass is 10.1. The molecule has 0 saturated heterocycles. The lowest BCUT2D eigenvalue weighted by Gasteiger charge is -2.06. The second kappa shape index (κ2) is 4.44. The van der Waals surface area contributed by atoms with Crippen molar-refractivity contribution in [1.29, 1.82) is 0 Å². The smallest absolute Gasteiger partial charge is 0.140 e. The molecule has 3 rings (SSSR count). The molecule has 1 atom stereocenters. The number of hydrogen-bond donors (Lipinski definition) is 2. The van der Waals surface area contributed by atoms with E-state index in [-0.39, 0.29) is 0 Å². The van der Waals surface area contributed by atoms with Crippen LogP contribution in [0.1, 0.15) is 17.5 Å². The molecule has 0 amide bonds. The van der Waals surface area contributed by atoms with Gasteiger partial charge in [-0.2, -0.15) is 0 Å². The van der Waals surface area contributed by atoms with Crippen molar-refractivity contribution >= 4 is 22.6 Å². The summed E-state index contributed by atoms with van der Waals surface area (Å²) in [6.45, 7) is 0. The second-order valence-electron chi connectivity index (χ2n) is 4.07. The highest BCUT2D eigenvalue weighted by atomic mass is 35.5. The standard InChI is InChI=1S/C14H11ClN2O/c15-10-7-4-8-11-12(10)17-14(16-11)13(18)9-5-2-1-3-6-9/h1-8,13,18H,(H,16,17). The molecule has 0 aliphatic heterocycles. The Labute approximate surface area is 109 Å². The molecule has 0 fully saturated rings. The van der Waals surface area contributed by atoms with Crippen molar-refractivity contribution in [2.75, 3.05) is 0 Å². The van der Waals surface area contributed by atoms with Crippen molar-refractivity contribution < 1.29 is 5.11 Å². The Bertz CT molecular complexity index is 679. The minimum Gasteiger partial charge on any atom is -0.380 e. The van der Waals surface area contributed by atoms with E-state index < -0.39 is 6.10 Å². The predicted octanol–water partition coefficient (Wildman–Crippen LogP) is 3.30. The van der Waals surface area contributed by atoms with Crippen LogP contribution >= 0.6 is 11.6 Å². The number of nitrogens with zero attached hydrogens (tertiary/aromatic N) is 1. The third kappa shape index (κ3) is 1.88. The van der Waals surface area contributed by atoms with E-state index in [4.69, 9.17) is 11.6 Å². The van der Waals surface area contributed by atoms with Crippen LogP contribution in [-0.2, 0) is 0 Å². The van der Waals surface area contributed by atoms with Gasteiger partial charge in [0.25, 0.3) is 0 Å². The Hall–Kier alpha value is -1.84. The number of imidazole rings is 1. The van der Waals surface area contributed by atoms with Gasteiger partial charge < -0.3 is 10.1 Å². The number of nitrogens with one attached hydrogen (secondary N) is 1. The number of halogens is 1. The average molecular weight is 259 g/mol. The van der Waals surface area contributed by atoms with E-state index in [1.165, 1.54) is 0 Å². The van der Waals surface area contributed by atoms with Gasteiger partial charge in [0.2, 0.25) is 0 Å². The number of hydrogen-bond acceptors (Lipinski definition) is 2. The summed E-state index contributed by atoms with van der Waals surface area (Å²) >= 11 is 6.06. The topological polar surface area (TPSA) is 48.9 Å². The van der Waals surface area contributed by atoms with Gasteiger partial charge in [-0.25, -0.2) is 4.98 Å². The number of aliphatic hydroxyl groups is 1. The summed E-state index contributed by atoms with van der Waals surface area (Å²) in [5.41, 5.74) is 2.31. The van der Waals surface area contributed by atoms with Crippen LogP contribution in [-0.4, -0.2) is 15.1 Å².